The topological polar surface area (TPSA) is 9.23 Å². The van der Waals surface area contributed by atoms with Gasteiger partial charge in [0.2, 0.25) is 0 Å². The second-order valence-electron chi connectivity index (χ2n) is 2.77. The van der Waals surface area contributed by atoms with E-state index in [4.69, 9.17) is 4.74 Å². The van der Waals surface area contributed by atoms with E-state index < -0.39 is 0 Å². The van der Waals surface area contributed by atoms with Crippen molar-refractivity contribution in [2.45, 2.75) is 6.92 Å². The molecule has 0 N–H and O–H groups in total. The van der Waals surface area contributed by atoms with Crippen LogP contribution in [0.15, 0.2) is 22.0 Å². The lowest BCUT2D eigenvalue weighted by Gasteiger charge is -2.06. The zero-order chi connectivity index (χ0) is 10.1. The molecule has 0 saturated heterocycles. The van der Waals surface area contributed by atoms with E-state index in [0.717, 1.165) is 11.1 Å². The molecule has 0 aliphatic heterocycles. The van der Waals surface area contributed by atoms with Crippen LogP contribution in [0.5, 0.6) is 5.75 Å². The molecule has 0 atom stereocenters. The molecule has 2 aromatic rings. The molecule has 0 unspecified atom stereocenters. The monoisotopic (exact) mass is 274 g/mol. The van der Waals surface area contributed by atoms with Crippen LogP contribution in [-0.4, -0.2) is 6.61 Å². The average Bonchev–Trinajstić information content (AvgIpc) is 2.63. The Labute approximate surface area is 93.6 Å². The quantitative estimate of drug-likeness (QED) is 0.798. The summed E-state index contributed by atoms with van der Waals surface area (Å²) >= 11 is 4.56. The standard InChI is InChI=1S/C10H8BrFOS/c1-2-13-8-5-7(11)9(12)10-6(8)3-4-14-10/h3-5H,2H2,1H3. The minimum absolute atomic E-state index is 0.210. The molecule has 2 rings (SSSR count). The van der Waals surface area contributed by atoms with Crippen molar-refractivity contribution in [1.82, 2.24) is 0 Å². The molecule has 1 heterocycles. The van der Waals surface area contributed by atoms with Gasteiger partial charge in [-0.05, 0) is 40.4 Å². The number of halogens is 2. The van der Waals surface area contributed by atoms with Gasteiger partial charge >= 0.3 is 0 Å². The molecule has 0 fully saturated rings. The lowest BCUT2D eigenvalue weighted by Crippen LogP contribution is -1.92. The third-order valence-electron chi connectivity index (χ3n) is 1.90. The summed E-state index contributed by atoms with van der Waals surface area (Å²) in [5.41, 5.74) is 0. The first-order valence-corrected chi connectivity index (χ1v) is 5.89. The Morgan fingerprint density at radius 3 is 3.07 bits per heavy atom. The van der Waals surface area contributed by atoms with E-state index in [1.54, 1.807) is 6.07 Å². The molecule has 14 heavy (non-hydrogen) atoms. The van der Waals surface area contributed by atoms with Crippen LogP contribution in [0.25, 0.3) is 10.1 Å². The predicted octanol–water partition coefficient (Wildman–Crippen LogP) is 4.20. The minimum atomic E-state index is -0.210. The molecule has 4 heteroatoms. The maximum atomic E-state index is 13.6. The summed E-state index contributed by atoms with van der Waals surface area (Å²) in [5, 5.41) is 2.71. The second-order valence-corrected chi connectivity index (χ2v) is 4.54. The van der Waals surface area contributed by atoms with Crippen LogP contribution < -0.4 is 4.74 Å². The smallest absolute Gasteiger partial charge is 0.155 e. The van der Waals surface area contributed by atoms with Crippen LogP contribution in [-0.2, 0) is 0 Å². The molecule has 0 radical (unpaired) electrons. The van der Waals surface area contributed by atoms with Gasteiger partial charge in [-0.1, -0.05) is 0 Å². The highest BCUT2D eigenvalue weighted by Crippen LogP contribution is 2.36. The zero-order valence-electron chi connectivity index (χ0n) is 7.51. The number of rotatable bonds is 2. The zero-order valence-corrected chi connectivity index (χ0v) is 9.91. The van der Waals surface area contributed by atoms with E-state index in [9.17, 15) is 4.39 Å². The Balaban J connectivity index is 2.71. The van der Waals surface area contributed by atoms with Gasteiger partial charge < -0.3 is 4.74 Å². The maximum absolute atomic E-state index is 13.6. The molecule has 0 spiro atoms. The number of hydrogen-bond donors (Lipinski definition) is 0. The van der Waals surface area contributed by atoms with E-state index >= 15 is 0 Å². The molecule has 74 valence electrons. The van der Waals surface area contributed by atoms with Gasteiger partial charge in [-0.15, -0.1) is 11.3 Å². The fraction of sp³-hybridized carbons (Fsp3) is 0.200. The fourth-order valence-electron chi connectivity index (χ4n) is 1.31. The minimum Gasteiger partial charge on any atom is -0.493 e. The first-order valence-electron chi connectivity index (χ1n) is 4.22. The number of thiophene rings is 1. The summed E-state index contributed by atoms with van der Waals surface area (Å²) in [7, 11) is 0. The van der Waals surface area contributed by atoms with Gasteiger partial charge in [0.05, 0.1) is 15.8 Å². The number of fused-ring (bicyclic) bond motifs is 1. The van der Waals surface area contributed by atoms with Crippen LogP contribution in [0.2, 0.25) is 0 Å². The Morgan fingerprint density at radius 2 is 2.36 bits per heavy atom. The average molecular weight is 275 g/mol. The predicted molar refractivity (Wildman–Crippen MR) is 60.7 cm³/mol. The van der Waals surface area contributed by atoms with Gasteiger partial charge in [0, 0.05) is 5.39 Å². The molecule has 0 bridgehead atoms. The first-order chi connectivity index (χ1) is 6.74. The number of ether oxygens (including phenoxy) is 1. The summed E-state index contributed by atoms with van der Waals surface area (Å²) in [6.45, 7) is 2.50. The molecule has 0 aliphatic rings. The van der Waals surface area contributed by atoms with Crippen molar-refractivity contribution in [2.75, 3.05) is 6.61 Å². The lowest BCUT2D eigenvalue weighted by atomic mass is 10.2. The second kappa shape index (κ2) is 3.87. The summed E-state index contributed by atoms with van der Waals surface area (Å²) in [6.07, 6.45) is 0. The van der Waals surface area contributed by atoms with E-state index in [-0.39, 0.29) is 5.82 Å². The molecule has 1 aromatic heterocycles. The van der Waals surface area contributed by atoms with Crippen LogP contribution in [0, 0.1) is 5.82 Å². The van der Waals surface area contributed by atoms with Crippen LogP contribution in [0.1, 0.15) is 6.92 Å². The Bertz CT molecular complexity index is 466. The van der Waals surface area contributed by atoms with E-state index in [0.29, 0.717) is 15.8 Å². The number of benzene rings is 1. The van der Waals surface area contributed by atoms with Crippen molar-refractivity contribution in [1.29, 1.82) is 0 Å². The molecule has 0 saturated carbocycles. The third kappa shape index (κ3) is 1.53. The molecule has 1 aromatic carbocycles. The van der Waals surface area contributed by atoms with Gasteiger partial charge in [-0.2, -0.15) is 0 Å². The van der Waals surface area contributed by atoms with E-state index in [1.165, 1.54) is 11.3 Å². The van der Waals surface area contributed by atoms with Crippen molar-refractivity contribution >= 4 is 37.4 Å². The van der Waals surface area contributed by atoms with Crippen molar-refractivity contribution in [3.8, 4) is 5.75 Å². The molecule has 0 amide bonds. The van der Waals surface area contributed by atoms with Gasteiger partial charge in [0.15, 0.2) is 5.82 Å². The summed E-state index contributed by atoms with van der Waals surface area (Å²) in [4.78, 5) is 0. The SMILES string of the molecule is CCOc1cc(Br)c(F)c2sccc12. The van der Waals surface area contributed by atoms with E-state index in [2.05, 4.69) is 15.9 Å². The Hall–Kier alpha value is -0.610. The Morgan fingerprint density at radius 1 is 1.57 bits per heavy atom. The fourth-order valence-corrected chi connectivity index (χ4v) is 2.70. The molecule has 1 nitrogen and oxygen atoms in total. The van der Waals surface area contributed by atoms with Crippen LogP contribution in [0.4, 0.5) is 4.39 Å². The summed E-state index contributed by atoms with van der Waals surface area (Å²) in [5.74, 6) is 0.524. The molecule has 0 aliphatic carbocycles. The van der Waals surface area contributed by atoms with Crippen molar-refractivity contribution in [2.24, 2.45) is 0 Å². The normalized spacial score (nSPS) is 10.8. The summed E-state index contributed by atoms with van der Waals surface area (Å²) in [6, 6.07) is 3.55. The van der Waals surface area contributed by atoms with Gasteiger partial charge in [-0.3, -0.25) is 0 Å². The maximum Gasteiger partial charge on any atom is 0.155 e. The highest BCUT2D eigenvalue weighted by atomic mass is 79.9. The first kappa shape index (κ1) is 9.93. The summed E-state index contributed by atoms with van der Waals surface area (Å²) < 4.78 is 20.1. The van der Waals surface area contributed by atoms with Crippen LogP contribution >= 0.6 is 27.3 Å². The van der Waals surface area contributed by atoms with Gasteiger partial charge in [0.25, 0.3) is 0 Å². The highest BCUT2D eigenvalue weighted by molar-refractivity contribution is 9.10. The van der Waals surface area contributed by atoms with Gasteiger partial charge in [0.1, 0.15) is 5.75 Å². The lowest BCUT2D eigenvalue weighted by molar-refractivity contribution is 0.344. The van der Waals surface area contributed by atoms with Crippen LogP contribution in [0.3, 0.4) is 0 Å². The largest absolute Gasteiger partial charge is 0.493 e. The van der Waals surface area contributed by atoms with Gasteiger partial charge in [-0.25, -0.2) is 4.39 Å². The Kier molecular flexibility index (Phi) is 2.74. The van der Waals surface area contributed by atoms with Crippen molar-refractivity contribution in [3.63, 3.8) is 0 Å². The highest BCUT2D eigenvalue weighted by Gasteiger charge is 2.11. The van der Waals surface area contributed by atoms with Crippen molar-refractivity contribution in [3.05, 3.63) is 27.8 Å². The number of hydrogen-bond acceptors (Lipinski definition) is 2. The van der Waals surface area contributed by atoms with Crippen molar-refractivity contribution < 1.29 is 9.13 Å². The third-order valence-corrected chi connectivity index (χ3v) is 3.38. The van der Waals surface area contributed by atoms with E-state index in [1.807, 2.05) is 18.4 Å². The molecular formula is C10H8BrFOS. The molecular weight excluding hydrogens is 267 g/mol.